The molecule has 0 saturated carbocycles. The van der Waals surface area contributed by atoms with Crippen molar-refractivity contribution in [2.24, 2.45) is 0 Å². The van der Waals surface area contributed by atoms with Crippen LogP contribution in [0.15, 0.2) is 65.7 Å². The molecule has 0 atom stereocenters. The summed E-state index contributed by atoms with van der Waals surface area (Å²) in [6.07, 6.45) is 3.74. The first-order chi connectivity index (χ1) is 12.7. The fourth-order valence-corrected chi connectivity index (χ4v) is 3.42. The number of para-hydroxylation sites is 1. The summed E-state index contributed by atoms with van der Waals surface area (Å²) in [5.41, 5.74) is 2.94. The second kappa shape index (κ2) is 6.95. The maximum Gasteiger partial charge on any atom is 0.290 e. The summed E-state index contributed by atoms with van der Waals surface area (Å²) in [6.45, 7) is 0.623. The lowest BCUT2D eigenvalue weighted by Crippen LogP contribution is -2.17. The molecule has 3 aromatic rings. The number of rotatable bonds is 2. The molecule has 126 valence electrons. The van der Waals surface area contributed by atoms with Gasteiger partial charge in [0.15, 0.2) is 0 Å². The summed E-state index contributed by atoms with van der Waals surface area (Å²) in [4.78, 5) is 23.1. The average molecular weight is 358 g/mol. The monoisotopic (exact) mass is 358 g/mol. The van der Waals surface area contributed by atoms with Crippen molar-refractivity contribution in [2.45, 2.75) is 6.54 Å². The van der Waals surface area contributed by atoms with Crippen molar-refractivity contribution < 1.29 is 9.59 Å². The topological polar surface area (TPSA) is 51.1 Å². The Morgan fingerprint density at radius 2 is 1.85 bits per heavy atom. The minimum Gasteiger partial charge on any atom is -0.336 e. The fraction of sp³-hybridized carbons (Fsp3) is 0.0476. The second-order valence-electron chi connectivity index (χ2n) is 5.78. The SMILES string of the molecule is O=C1NC(=O)/C(=C/c2ccc(C#CCn3ccc4ccccc43)cc2)S1. The van der Waals surface area contributed by atoms with Crippen LogP contribution in [-0.2, 0) is 11.3 Å². The number of nitrogens with zero attached hydrogens (tertiary/aromatic N) is 1. The summed E-state index contributed by atoms with van der Waals surface area (Å²) in [6, 6.07) is 17.9. The minimum atomic E-state index is -0.345. The number of hydrogen-bond acceptors (Lipinski definition) is 3. The highest BCUT2D eigenvalue weighted by molar-refractivity contribution is 8.18. The third-order valence-corrected chi connectivity index (χ3v) is 4.82. The van der Waals surface area contributed by atoms with Crippen LogP contribution < -0.4 is 5.32 Å². The second-order valence-corrected chi connectivity index (χ2v) is 6.79. The van der Waals surface area contributed by atoms with Crippen LogP contribution in [0.2, 0.25) is 0 Å². The first-order valence-electron chi connectivity index (χ1n) is 8.07. The number of carbonyl (C=O) groups excluding carboxylic acids is 2. The highest BCUT2D eigenvalue weighted by atomic mass is 32.2. The number of imide groups is 1. The van der Waals surface area contributed by atoms with Crippen molar-refractivity contribution >= 4 is 39.9 Å². The van der Waals surface area contributed by atoms with E-state index in [-0.39, 0.29) is 11.1 Å². The van der Waals surface area contributed by atoms with Gasteiger partial charge in [0.1, 0.15) is 0 Å². The minimum absolute atomic E-state index is 0.332. The molecule has 2 heterocycles. The Labute approximate surface area is 154 Å². The Bertz CT molecular complexity index is 1100. The lowest BCUT2D eigenvalue weighted by molar-refractivity contribution is -0.115. The van der Waals surface area contributed by atoms with Gasteiger partial charge in [-0.3, -0.25) is 14.9 Å². The van der Waals surface area contributed by atoms with E-state index in [2.05, 4.69) is 39.9 Å². The van der Waals surface area contributed by atoms with Gasteiger partial charge < -0.3 is 4.57 Å². The van der Waals surface area contributed by atoms with Crippen LogP contribution in [0.5, 0.6) is 0 Å². The van der Waals surface area contributed by atoms with E-state index in [1.165, 1.54) is 10.9 Å². The molecule has 0 bridgehead atoms. The molecule has 2 amide bonds. The smallest absolute Gasteiger partial charge is 0.290 e. The van der Waals surface area contributed by atoms with E-state index in [9.17, 15) is 9.59 Å². The molecule has 4 nitrogen and oxygen atoms in total. The zero-order chi connectivity index (χ0) is 17.9. The van der Waals surface area contributed by atoms with E-state index in [1.54, 1.807) is 6.08 Å². The molecule has 0 aliphatic carbocycles. The van der Waals surface area contributed by atoms with Gasteiger partial charge in [-0.2, -0.15) is 0 Å². The molecular weight excluding hydrogens is 344 g/mol. The largest absolute Gasteiger partial charge is 0.336 e. The molecule has 1 aliphatic rings. The highest BCUT2D eigenvalue weighted by Gasteiger charge is 2.24. The normalized spacial score (nSPS) is 15.2. The molecule has 1 aromatic heterocycles. The van der Waals surface area contributed by atoms with Crippen LogP contribution in [0.3, 0.4) is 0 Å². The Hall–Kier alpha value is -3.23. The molecule has 0 radical (unpaired) electrons. The standard InChI is InChI=1S/C21H14N2O2S/c24-20-19(26-21(25)22-20)14-16-9-7-15(8-10-16)4-3-12-23-13-11-17-5-1-2-6-18(17)23/h1-2,5-11,13-14H,12H2,(H,22,24,25)/b19-14-. The summed E-state index contributed by atoms with van der Waals surface area (Å²) in [5.74, 6) is 6.00. The molecule has 1 fully saturated rings. The van der Waals surface area contributed by atoms with Crippen LogP contribution in [0.4, 0.5) is 4.79 Å². The van der Waals surface area contributed by atoms with Gasteiger partial charge in [-0.25, -0.2) is 0 Å². The molecule has 1 N–H and O–H groups in total. The highest BCUT2D eigenvalue weighted by Crippen LogP contribution is 2.25. The van der Waals surface area contributed by atoms with E-state index in [0.717, 1.165) is 22.9 Å². The first-order valence-corrected chi connectivity index (χ1v) is 8.88. The van der Waals surface area contributed by atoms with Gasteiger partial charge >= 0.3 is 0 Å². The lowest BCUT2D eigenvalue weighted by Gasteiger charge is -1.99. The Morgan fingerprint density at radius 3 is 2.62 bits per heavy atom. The van der Waals surface area contributed by atoms with Gasteiger partial charge in [-0.1, -0.05) is 42.2 Å². The number of fused-ring (bicyclic) bond motifs is 1. The van der Waals surface area contributed by atoms with Gasteiger partial charge in [0.05, 0.1) is 11.4 Å². The van der Waals surface area contributed by atoms with E-state index >= 15 is 0 Å². The van der Waals surface area contributed by atoms with Gasteiger partial charge in [0.2, 0.25) is 0 Å². The Morgan fingerprint density at radius 1 is 1.04 bits per heavy atom. The van der Waals surface area contributed by atoms with Crippen LogP contribution in [0, 0.1) is 11.8 Å². The summed E-state index contributed by atoms with van der Waals surface area (Å²) in [7, 11) is 0. The number of hydrogen-bond donors (Lipinski definition) is 1. The number of carbonyl (C=O) groups is 2. The van der Waals surface area contributed by atoms with Crippen LogP contribution >= 0.6 is 11.8 Å². The van der Waals surface area contributed by atoms with Crippen molar-refractivity contribution in [2.75, 3.05) is 0 Å². The quantitative estimate of drug-likeness (QED) is 0.556. The molecule has 0 unspecified atom stereocenters. The fourth-order valence-electron chi connectivity index (χ4n) is 2.74. The number of aromatic nitrogens is 1. The van der Waals surface area contributed by atoms with Gasteiger partial charge in [0.25, 0.3) is 11.1 Å². The molecule has 4 rings (SSSR count). The molecule has 1 saturated heterocycles. The van der Waals surface area contributed by atoms with Crippen LogP contribution in [0.25, 0.3) is 17.0 Å². The summed E-state index contributed by atoms with van der Waals surface area (Å²) < 4.78 is 2.12. The molecular formula is C21H14N2O2S. The van der Waals surface area contributed by atoms with E-state index in [4.69, 9.17) is 0 Å². The predicted octanol–water partition coefficient (Wildman–Crippen LogP) is 4.02. The first kappa shape index (κ1) is 16.2. The molecule has 1 aliphatic heterocycles. The molecule has 2 aromatic carbocycles. The zero-order valence-electron chi connectivity index (χ0n) is 13.7. The number of nitrogens with one attached hydrogen (secondary N) is 1. The summed E-state index contributed by atoms with van der Waals surface area (Å²) in [5, 5.41) is 3.12. The molecule has 26 heavy (non-hydrogen) atoms. The average Bonchev–Trinajstić information content (AvgIpc) is 3.19. The maximum atomic E-state index is 11.6. The van der Waals surface area contributed by atoms with Crippen molar-refractivity contribution in [3.8, 4) is 11.8 Å². The Kier molecular flexibility index (Phi) is 4.34. The molecule has 0 spiro atoms. The van der Waals surface area contributed by atoms with Gasteiger partial charge in [-0.15, -0.1) is 0 Å². The maximum absolute atomic E-state index is 11.6. The Balaban J connectivity index is 1.47. The third kappa shape index (κ3) is 3.41. The van der Waals surface area contributed by atoms with Crippen molar-refractivity contribution in [3.05, 3.63) is 76.8 Å². The van der Waals surface area contributed by atoms with Gasteiger partial charge in [-0.05, 0) is 53.1 Å². The molecule has 5 heteroatoms. The lowest BCUT2D eigenvalue weighted by atomic mass is 10.1. The van der Waals surface area contributed by atoms with Crippen molar-refractivity contribution in [3.63, 3.8) is 0 Å². The predicted molar refractivity (Wildman–Crippen MR) is 104 cm³/mol. The van der Waals surface area contributed by atoms with E-state index < -0.39 is 0 Å². The van der Waals surface area contributed by atoms with Crippen molar-refractivity contribution in [1.29, 1.82) is 0 Å². The third-order valence-electron chi connectivity index (χ3n) is 4.01. The zero-order valence-corrected chi connectivity index (χ0v) is 14.5. The van der Waals surface area contributed by atoms with Crippen LogP contribution in [0.1, 0.15) is 11.1 Å². The van der Waals surface area contributed by atoms with E-state index in [0.29, 0.717) is 11.4 Å². The van der Waals surface area contributed by atoms with Crippen molar-refractivity contribution in [1.82, 2.24) is 9.88 Å². The van der Waals surface area contributed by atoms with Crippen LogP contribution in [-0.4, -0.2) is 15.7 Å². The van der Waals surface area contributed by atoms with E-state index in [1.807, 2.05) is 42.6 Å². The summed E-state index contributed by atoms with van der Waals surface area (Å²) >= 11 is 0.917. The number of amides is 2. The van der Waals surface area contributed by atoms with Gasteiger partial charge in [0, 0.05) is 17.3 Å². The number of benzene rings is 2. The number of thioether (sulfide) groups is 1.